The van der Waals surface area contributed by atoms with Crippen molar-refractivity contribution < 1.29 is 4.52 Å². The Bertz CT molecular complexity index is 517. The molecule has 94 valence electrons. The van der Waals surface area contributed by atoms with Crippen LogP contribution in [0.3, 0.4) is 0 Å². The van der Waals surface area contributed by atoms with Gasteiger partial charge in [0.05, 0.1) is 5.41 Å². The number of hydrogen-bond acceptors (Lipinski definition) is 4. The molecule has 1 aromatic heterocycles. The first-order valence-corrected chi connectivity index (χ1v) is 6.49. The van der Waals surface area contributed by atoms with Gasteiger partial charge < -0.3 is 9.84 Å². The molecule has 0 aliphatic heterocycles. The van der Waals surface area contributed by atoms with Crippen LogP contribution < -0.4 is 5.32 Å². The van der Waals surface area contributed by atoms with Gasteiger partial charge in [-0.25, -0.2) is 0 Å². The maximum absolute atomic E-state index is 5.24. The lowest BCUT2D eigenvalue weighted by atomic mass is 9.95. The molecule has 0 bridgehead atoms. The Morgan fingerprint density at radius 3 is 2.72 bits per heavy atom. The SMILES string of the molecule is CCCNc1nc(C2(c3ccccc3)CC2)no1. The van der Waals surface area contributed by atoms with E-state index in [4.69, 9.17) is 4.52 Å². The molecule has 0 saturated heterocycles. The van der Waals surface area contributed by atoms with Crippen LogP contribution in [0.15, 0.2) is 34.9 Å². The second-order valence-corrected chi connectivity index (χ2v) is 4.80. The molecule has 0 unspecified atom stereocenters. The first-order valence-electron chi connectivity index (χ1n) is 6.49. The summed E-state index contributed by atoms with van der Waals surface area (Å²) < 4.78 is 5.24. The highest BCUT2D eigenvalue weighted by atomic mass is 16.5. The maximum Gasteiger partial charge on any atom is 0.321 e. The van der Waals surface area contributed by atoms with Gasteiger partial charge in [0.1, 0.15) is 0 Å². The molecule has 1 N–H and O–H groups in total. The number of benzene rings is 1. The summed E-state index contributed by atoms with van der Waals surface area (Å²) >= 11 is 0. The highest BCUT2D eigenvalue weighted by Crippen LogP contribution is 2.52. The largest absolute Gasteiger partial charge is 0.338 e. The smallest absolute Gasteiger partial charge is 0.321 e. The number of nitrogens with zero attached hydrogens (tertiary/aromatic N) is 2. The molecule has 0 radical (unpaired) electrons. The summed E-state index contributed by atoms with van der Waals surface area (Å²) in [7, 11) is 0. The average molecular weight is 243 g/mol. The summed E-state index contributed by atoms with van der Waals surface area (Å²) in [6.07, 6.45) is 3.25. The Hall–Kier alpha value is -1.84. The molecule has 1 aromatic carbocycles. The van der Waals surface area contributed by atoms with Crippen molar-refractivity contribution in [1.29, 1.82) is 0 Å². The standard InChI is InChI=1S/C14H17N3O/c1-2-10-15-13-16-12(17-18-13)14(8-9-14)11-6-4-3-5-7-11/h3-7H,2,8-10H2,1H3,(H,15,16,17). The van der Waals surface area contributed by atoms with Gasteiger partial charge in [-0.05, 0) is 24.8 Å². The van der Waals surface area contributed by atoms with Crippen LogP contribution in [0.5, 0.6) is 0 Å². The van der Waals surface area contributed by atoms with Crippen LogP contribution in [0.1, 0.15) is 37.6 Å². The lowest BCUT2D eigenvalue weighted by molar-refractivity contribution is 0.418. The van der Waals surface area contributed by atoms with E-state index in [2.05, 4.69) is 46.6 Å². The topological polar surface area (TPSA) is 51.0 Å². The lowest BCUT2D eigenvalue weighted by Gasteiger charge is -2.09. The molecule has 4 nitrogen and oxygen atoms in total. The second kappa shape index (κ2) is 4.44. The summed E-state index contributed by atoms with van der Waals surface area (Å²) in [5, 5.41) is 7.26. The summed E-state index contributed by atoms with van der Waals surface area (Å²) in [5.41, 5.74) is 1.28. The van der Waals surface area contributed by atoms with Crippen molar-refractivity contribution >= 4 is 6.01 Å². The Kier molecular flexibility index (Phi) is 2.78. The Labute approximate surface area is 106 Å². The van der Waals surface area contributed by atoms with E-state index >= 15 is 0 Å². The van der Waals surface area contributed by atoms with Gasteiger partial charge in [0, 0.05) is 6.54 Å². The van der Waals surface area contributed by atoms with Gasteiger partial charge >= 0.3 is 6.01 Å². The second-order valence-electron chi connectivity index (χ2n) is 4.80. The van der Waals surface area contributed by atoms with Crippen LogP contribution >= 0.6 is 0 Å². The average Bonchev–Trinajstić information content (AvgIpc) is 3.10. The fourth-order valence-electron chi connectivity index (χ4n) is 2.25. The van der Waals surface area contributed by atoms with Crippen LogP contribution in [0, 0.1) is 0 Å². The van der Waals surface area contributed by atoms with Crippen molar-refractivity contribution in [2.24, 2.45) is 0 Å². The van der Waals surface area contributed by atoms with Gasteiger partial charge in [-0.15, -0.1) is 0 Å². The third kappa shape index (κ3) is 1.88. The van der Waals surface area contributed by atoms with Crippen molar-refractivity contribution in [2.45, 2.75) is 31.6 Å². The van der Waals surface area contributed by atoms with Crippen molar-refractivity contribution in [2.75, 3.05) is 11.9 Å². The van der Waals surface area contributed by atoms with Crippen molar-refractivity contribution in [1.82, 2.24) is 10.1 Å². The minimum atomic E-state index is -0.00307. The molecule has 4 heteroatoms. The molecule has 3 rings (SSSR count). The first-order chi connectivity index (χ1) is 8.85. The highest BCUT2D eigenvalue weighted by molar-refractivity contribution is 5.40. The van der Waals surface area contributed by atoms with E-state index in [1.54, 1.807) is 0 Å². The van der Waals surface area contributed by atoms with Crippen LogP contribution in [0.2, 0.25) is 0 Å². The van der Waals surface area contributed by atoms with Gasteiger partial charge in [-0.1, -0.05) is 42.4 Å². The molecular weight excluding hydrogens is 226 g/mol. The quantitative estimate of drug-likeness (QED) is 0.877. The van der Waals surface area contributed by atoms with E-state index in [0.717, 1.165) is 31.6 Å². The van der Waals surface area contributed by atoms with Crippen molar-refractivity contribution in [3.8, 4) is 0 Å². The highest BCUT2D eigenvalue weighted by Gasteiger charge is 2.49. The fourth-order valence-corrected chi connectivity index (χ4v) is 2.25. The van der Waals surface area contributed by atoms with Crippen molar-refractivity contribution in [3.05, 3.63) is 41.7 Å². The maximum atomic E-state index is 5.24. The van der Waals surface area contributed by atoms with E-state index in [1.807, 2.05) is 6.07 Å². The molecule has 1 aliphatic carbocycles. The van der Waals surface area contributed by atoms with Crippen LogP contribution in [0.25, 0.3) is 0 Å². The van der Waals surface area contributed by atoms with Gasteiger partial charge in [-0.2, -0.15) is 4.98 Å². The third-order valence-corrected chi connectivity index (χ3v) is 3.46. The number of anilines is 1. The number of hydrogen-bond donors (Lipinski definition) is 1. The number of rotatable bonds is 5. The molecule has 1 saturated carbocycles. The van der Waals surface area contributed by atoms with E-state index in [1.165, 1.54) is 5.56 Å². The van der Waals surface area contributed by atoms with E-state index in [0.29, 0.717) is 6.01 Å². The molecule has 0 atom stereocenters. The Balaban J connectivity index is 1.84. The van der Waals surface area contributed by atoms with Gasteiger partial charge in [-0.3, -0.25) is 0 Å². The zero-order valence-corrected chi connectivity index (χ0v) is 10.5. The zero-order chi connectivity index (χ0) is 12.4. The molecule has 2 aromatic rings. The number of nitrogens with one attached hydrogen (secondary N) is 1. The predicted molar refractivity (Wildman–Crippen MR) is 69.5 cm³/mol. The molecule has 0 amide bonds. The Morgan fingerprint density at radius 1 is 1.28 bits per heavy atom. The van der Waals surface area contributed by atoms with E-state index < -0.39 is 0 Å². The summed E-state index contributed by atoms with van der Waals surface area (Å²) in [6.45, 7) is 2.97. The predicted octanol–water partition coefficient (Wildman–Crippen LogP) is 2.97. The molecule has 1 aliphatic rings. The third-order valence-electron chi connectivity index (χ3n) is 3.46. The number of aromatic nitrogens is 2. The molecule has 1 heterocycles. The molecule has 1 fully saturated rings. The van der Waals surface area contributed by atoms with Crippen LogP contribution in [-0.4, -0.2) is 16.7 Å². The first kappa shape index (κ1) is 11.3. The Morgan fingerprint density at radius 2 is 2.06 bits per heavy atom. The van der Waals surface area contributed by atoms with Crippen molar-refractivity contribution in [3.63, 3.8) is 0 Å². The van der Waals surface area contributed by atoms with Gasteiger partial charge in [0.15, 0.2) is 5.82 Å². The molecule has 0 spiro atoms. The molecule has 18 heavy (non-hydrogen) atoms. The van der Waals surface area contributed by atoms with E-state index in [9.17, 15) is 0 Å². The van der Waals surface area contributed by atoms with Gasteiger partial charge in [0.25, 0.3) is 0 Å². The fraction of sp³-hybridized carbons (Fsp3) is 0.429. The minimum Gasteiger partial charge on any atom is -0.338 e. The normalized spacial score (nSPS) is 16.5. The monoisotopic (exact) mass is 243 g/mol. The lowest BCUT2D eigenvalue weighted by Crippen LogP contribution is -2.11. The zero-order valence-electron chi connectivity index (χ0n) is 10.5. The van der Waals surface area contributed by atoms with E-state index in [-0.39, 0.29) is 5.41 Å². The molecular formula is C14H17N3O. The summed E-state index contributed by atoms with van der Waals surface area (Å²) in [5.74, 6) is 0.812. The summed E-state index contributed by atoms with van der Waals surface area (Å²) in [4.78, 5) is 4.47. The van der Waals surface area contributed by atoms with Crippen LogP contribution in [-0.2, 0) is 5.41 Å². The minimum absolute atomic E-state index is 0.00307. The van der Waals surface area contributed by atoms with Crippen LogP contribution in [0.4, 0.5) is 6.01 Å². The van der Waals surface area contributed by atoms with Gasteiger partial charge in [0.2, 0.25) is 0 Å². The summed E-state index contributed by atoms with van der Waals surface area (Å²) in [6, 6.07) is 11.0.